The van der Waals surface area contributed by atoms with E-state index in [2.05, 4.69) is 0 Å². The second-order valence-electron chi connectivity index (χ2n) is 3.01. The van der Waals surface area contributed by atoms with Crippen molar-refractivity contribution >= 4 is 0 Å². The molecule has 0 atom stereocenters. The third-order valence-electron chi connectivity index (χ3n) is 1.24. The average Bonchev–Trinajstić information content (AvgIpc) is 1.84. The molecule has 0 aromatic heterocycles. The first-order valence-corrected chi connectivity index (χ1v) is 3.51. The lowest BCUT2D eigenvalue weighted by Crippen LogP contribution is -1.96. The molecule has 10 heavy (non-hydrogen) atoms. The normalized spacial score (nSPS) is 14.4. The van der Waals surface area contributed by atoms with Crippen LogP contribution < -0.4 is 0 Å². The molecule has 0 saturated carbocycles. The fourth-order valence-electron chi connectivity index (χ4n) is 0.552. The molecule has 0 nitrogen and oxygen atoms in total. The average molecular weight is 148 g/mol. The summed E-state index contributed by atoms with van der Waals surface area (Å²) in [5.74, 6) is -1.89. The summed E-state index contributed by atoms with van der Waals surface area (Å²) in [5, 5.41) is 0. The van der Waals surface area contributed by atoms with Gasteiger partial charge in [0.1, 0.15) is 11.7 Å². The molecule has 0 heterocycles. The van der Waals surface area contributed by atoms with E-state index in [1.54, 1.807) is 27.7 Å². The van der Waals surface area contributed by atoms with Crippen LogP contribution in [0.15, 0.2) is 11.7 Å². The maximum Gasteiger partial charge on any atom is 0.134 e. The lowest BCUT2D eigenvalue weighted by atomic mass is 10.1. The molecule has 0 aliphatic carbocycles. The van der Waals surface area contributed by atoms with Crippen LogP contribution >= 0.6 is 0 Å². The van der Waals surface area contributed by atoms with Crippen molar-refractivity contribution in [3.05, 3.63) is 11.7 Å². The Kier molecular flexibility index (Phi) is 3.54. The van der Waals surface area contributed by atoms with E-state index in [9.17, 15) is 8.78 Å². The minimum absolute atomic E-state index is 0.331. The first-order valence-electron chi connectivity index (χ1n) is 3.51. The first-order chi connectivity index (χ1) is 4.46. The Morgan fingerprint density at radius 3 is 1.10 bits per heavy atom. The molecule has 0 aromatic rings. The second kappa shape index (κ2) is 3.69. The van der Waals surface area contributed by atoms with Gasteiger partial charge in [-0.1, -0.05) is 27.7 Å². The first kappa shape index (κ1) is 9.60. The Balaban J connectivity index is 4.34. The summed E-state index contributed by atoms with van der Waals surface area (Å²) < 4.78 is 25.3. The smallest absolute Gasteiger partial charge is 0.134 e. The SMILES string of the molecule is CC(C)/C(F)=C(\F)C(C)C. The van der Waals surface area contributed by atoms with Crippen molar-refractivity contribution in [2.24, 2.45) is 11.8 Å². The van der Waals surface area contributed by atoms with Gasteiger partial charge in [-0.15, -0.1) is 0 Å². The van der Waals surface area contributed by atoms with Crippen LogP contribution in [0.25, 0.3) is 0 Å². The van der Waals surface area contributed by atoms with Crippen LogP contribution in [-0.2, 0) is 0 Å². The van der Waals surface area contributed by atoms with Crippen molar-refractivity contribution in [3.63, 3.8) is 0 Å². The van der Waals surface area contributed by atoms with Crippen LogP contribution in [0.2, 0.25) is 0 Å². The molecular weight excluding hydrogens is 134 g/mol. The van der Waals surface area contributed by atoms with Crippen molar-refractivity contribution < 1.29 is 8.78 Å². The molecule has 0 radical (unpaired) electrons. The van der Waals surface area contributed by atoms with Gasteiger partial charge in [0.25, 0.3) is 0 Å². The van der Waals surface area contributed by atoms with Crippen molar-refractivity contribution in [2.75, 3.05) is 0 Å². The summed E-state index contributed by atoms with van der Waals surface area (Å²) in [4.78, 5) is 0. The van der Waals surface area contributed by atoms with Crippen molar-refractivity contribution in [3.8, 4) is 0 Å². The quantitative estimate of drug-likeness (QED) is 0.562. The Labute approximate surface area is 60.9 Å². The second-order valence-corrected chi connectivity index (χ2v) is 3.01. The number of rotatable bonds is 2. The van der Waals surface area contributed by atoms with Gasteiger partial charge in [-0.3, -0.25) is 0 Å². The zero-order chi connectivity index (χ0) is 8.31. The number of allylic oxidation sites excluding steroid dienone is 2. The number of hydrogen-bond acceptors (Lipinski definition) is 0. The maximum atomic E-state index is 12.7. The van der Waals surface area contributed by atoms with Crippen LogP contribution in [0.1, 0.15) is 27.7 Å². The molecule has 0 amide bonds. The van der Waals surface area contributed by atoms with E-state index in [0.717, 1.165) is 0 Å². The molecular formula is C8H14F2. The van der Waals surface area contributed by atoms with Crippen molar-refractivity contribution in [2.45, 2.75) is 27.7 Å². The van der Waals surface area contributed by atoms with Crippen molar-refractivity contribution in [1.82, 2.24) is 0 Å². The van der Waals surface area contributed by atoms with Gasteiger partial charge in [-0.05, 0) is 0 Å². The molecule has 0 aliphatic heterocycles. The van der Waals surface area contributed by atoms with E-state index in [0.29, 0.717) is 0 Å². The van der Waals surface area contributed by atoms with Gasteiger partial charge >= 0.3 is 0 Å². The molecule has 2 heteroatoms. The molecule has 0 N–H and O–H groups in total. The van der Waals surface area contributed by atoms with Crippen LogP contribution in [0.5, 0.6) is 0 Å². The molecule has 60 valence electrons. The molecule has 0 fully saturated rings. The topological polar surface area (TPSA) is 0 Å². The van der Waals surface area contributed by atoms with E-state index in [1.165, 1.54) is 0 Å². The largest absolute Gasteiger partial charge is 0.209 e. The molecule has 0 aromatic carbocycles. The predicted octanol–water partition coefficient (Wildman–Crippen LogP) is 3.45. The summed E-state index contributed by atoms with van der Waals surface area (Å²) in [6, 6.07) is 0. The van der Waals surface area contributed by atoms with Crippen LogP contribution in [0.4, 0.5) is 8.78 Å². The lowest BCUT2D eigenvalue weighted by Gasteiger charge is -2.05. The molecule has 0 unspecified atom stereocenters. The molecule has 0 saturated heterocycles. The van der Waals surface area contributed by atoms with Gasteiger partial charge in [0.15, 0.2) is 0 Å². The van der Waals surface area contributed by atoms with Crippen molar-refractivity contribution in [1.29, 1.82) is 0 Å². The van der Waals surface area contributed by atoms with Gasteiger partial charge in [0.2, 0.25) is 0 Å². The molecule has 0 bridgehead atoms. The third kappa shape index (κ3) is 2.46. The molecule has 0 aliphatic rings. The lowest BCUT2D eigenvalue weighted by molar-refractivity contribution is 0.417. The fraction of sp³-hybridized carbons (Fsp3) is 0.750. The summed E-state index contributed by atoms with van der Waals surface area (Å²) >= 11 is 0. The van der Waals surface area contributed by atoms with E-state index < -0.39 is 11.7 Å². The van der Waals surface area contributed by atoms with Gasteiger partial charge in [0.05, 0.1) is 0 Å². The highest BCUT2D eigenvalue weighted by atomic mass is 19.2. The minimum atomic E-state index is -0.616. The standard InChI is InChI=1S/C8H14F2/c1-5(2)7(9)8(10)6(3)4/h5-6H,1-4H3/b8-7+. The van der Waals surface area contributed by atoms with Crippen LogP contribution in [0, 0.1) is 11.8 Å². The van der Waals surface area contributed by atoms with Gasteiger partial charge in [0, 0.05) is 11.8 Å². The third-order valence-corrected chi connectivity index (χ3v) is 1.24. The van der Waals surface area contributed by atoms with E-state index >= 15 is 0 Å². The minimum Gasteiger partial charge on any atom is -0.209 e. The van der Waals surface area contributed by atoms with Gasteiger partial charge in [-0.25, -0.2) is 8.78 Å². The highest BCUT2D eigenvalue weighted by Crippen LogP contribution is 2.22. The molecule has 0 rings (SSSR count). The summed E-state index contributed by atoms with van der Waals surface area (Å²) in [6.45, 7) is 6.54. The Morgan fingerprint density at radius 2 is 1.00 bits per heavy atom. The van der Waals surface area contributed by atoms with Gasteiger partial charge < -0.3 is 0 Å². The van der Waals surface area contributed by atoms with Gasteiger partial charge in [-0.2, -0.15) is 0 Å². The number of halogens is 2. The monoisotopic (exact) mass is 148 g/mol. The predicted molar refractivity (Wildman–Crippen MR) is 38.9 cm³/mol. The Hall–Kier alpha value is -0.400. The maximum absolute atomic E-state index is 12.7. The Bertz CT molecular complexity index is 118. The van der Waals surface area contributed by atoms with E-state index in [-0.39, 0.29) is 11.8 Å². The fourth-order valence-corrected chi connectivity index (χ4v) is 0.552. The zero-order valence-corrected chi connectivity index (χ0v) is 6.91. The zero-order valence-electron chi connectivity index (χ0n) is 6.91. The van der Waals surface area contributed by atoms with E-state index in [1.807, 2.05) is 0 Å². The molecule has 0 spiro atoms. The van der Waals surface area contributed by atoms with E-state index in [4.69, 9.17) is 0 Å². The number of hydrogen-bond donors (Lipinski definition) is 0. The summed E-state index contributed by atoms with van der Waals surface area (Å²) in [5.41, 5.74) is 0. The summed E-state index contributed by atoms with van der Waals surface area (Å²) in [6.07, 6.45) is 0. The highest BCUT2D eigenvalue weighted by Gasteiger charge is 2.12. The van der Waals surface area contributed by atoms with Crippen LogP contribution in [-0.4, -0.2) is 0 Å². The van der Waals surface area contributed by atoms with Crippen LogP contribution in [0.3, 0.4) is 0 Å². The Morgan fingerprint density at radius 1 is 0.800 bits per heavy atom. The highest BCUT2D eigenvalue weighted by molar-refractivity contribution is 5.03. The summed E-state index contributed by atoms with van der Waals surface area (Å²) in [7, 11) is 0.